The van der Waals surface area contributed by atoms with Gasteiger partial charge >= 0.3 is 0 Å². The van der Waals surface area contributed by atoms with Gasteiger partial charge in [0.15, 0.2) is 5.78 Å². The van der Waals surface area contributed by atoms with Crippen molar-refractivity contribution in [1.82, 2.24) is 0 Å². The molecule has 0 aliphatic rings. The van der Waals surface area contributed by atoms with Crippen LogP contribution in [0, 0.1) is 20.8 Å². The SMILES string of the molecule is CC(=O)c1ccc(SCc2c(C)cc(C)cc2C)cc1. The summed E-state index contributed by atoms with van der Waals surface area (Å²) < 4.78 is 0. The Morgan fingerprint density at radius 2 is 1.55 bits per heavy atom. The summed E-state index contributed by atoms with van der Waals surface area (Å²) in [6.45, 7) is 8.09. The van der Waals surface area contributed by atoms with E-state index in [9.17, 15) is 4.79 Å². The van der Waals surface area contributed by atoms with Crippen molar-refractivity contribution in [1.29, 1.82) is 0 Å². The van der Waals surface area contributed by atoms with E-state index in [4.69, 9.17) is 0 Å². The molecule has 2 rings (SSSR count). The zero-order chi connectivity index (χ0) is 14.7. The maximum absolute atomic E-state index is 11.3. The molecule has 2 heteroatoms. The number of aryl methyl sites for hydroxylation is 3. The van der Waals surface area contributed by atoms with Gasteiger partial charge < -0.3 is 0 Å². The van der Waals surface area contributed by atoms with Crippen LogP contribution in [0.1, 0.15) is 39.5 Å². The van der Waals surface area contributed by atoms with E-state index in [1.807, 2.05) is 36.0 Å². The Morgan fingerprint density at radius 3 is 2.05 bits per heavy atom. The van der Waals surface area contributed by atoms with E-state index in [0.717, 1.165) is 11.3 Å². The van der Waals surface area contributed by atoms with Crippen LogP contribution in [0.4, 0.5) is 0 Å². The molecule has 0 heterocycles. The van der Waals surface area contributed by atoms with Crippen LogP contribution in [-0.2, 0) is 5.75 Å². The summed E-state index contributed by atoms with van der Waals surface area (Å²) in [5, 5.41) is 0. The second-order valence-electron chi connectivity index (χ2n) is 5.25. The van der Waals surface area contributed by atoms with Crippen LogP contribution < -0.4 is 0 Å². The lowest BCUT2D eigenvalue weighted by molar-refractivity contribution is 0.101. The maximum Gasteiger partial charge on any atom is 0.159 e. The molecule has 0 atom stereocenters. The van der Waals surface area contributed by atoms with E-state index < -0.39 is 0 Å². The number of carbonyl (C=O) groups is 1. The fourth-order valence-electron chi connectivity index (χ4n) is 2.38. The van der Waals surface area contributed by atoms with Gasteiger partial charge in [-0.2, -0.15) is 0 Å². The lowest BCUT2D eigenvalue weighted by Crippen LogP contribution is -1.93. The van der Waals surface area contributed by atoms with Gasteiger partial charge in [0.1, 0.15) is 0 Å². The topological polar surface area (TPSA) is 17.1 Å². The highest BCUT2D eigenvalue weighted by atomic mass is 32.2. The smallest absolute Gasteiger partial charge is 0.159 e. The molecule has 0 amide bonds. The molecule has 0 radical (unpaired) electrons. The Kier molecular flexibility index (Phi) is 4.66. The Bertz CT molecular complexity index is 603. The summed E-state index contributed by atoms with van der Waals surface area (Å²) in [6, 6.07) is 12.3. The van der Waals surface area contributed by atoms with Gasteiger partial charge in [-0.3, -0.25) is 4.79 Å². The first-order chi connectivity index (χ1) is 9.47. The molecule has 0 aromatic heterocycles. The van der Waals surface area contributed by atoms with Crippen molar-refractivity contribution in [2.24, 2.45) is 0 Å². The van der Waals surface area contributed by atoms with Crippen molar-refractivity contribution >= 4 is 17.5 Å². The molecule has 2 aromatic carbocycles. The molecule has 1 nitrogen and oxygen atoms in total. The quantitative estimate of drug-likeness (QED) is 0.573. The van der Waals surface area contributed by atoms with Gasteiger partial charge in [-0.1, -0.05) is 29.8 Å². The van der Waals surface area contributed by atoms with Crippen LogP contribution in [0.3, 0.4) is 0 Å². The van der Waals surface area contributed by atoms with Gasteiger partial charge in [-0.25, -0.2) is 0 Å². The summed E-state index contributed by atoms with van der Waals surface area (Å²) in [7, 11) is 0. The fourth-order valence-corrected chi connectivity index (χ4v) is 3.47. The average Bonchev–Trinajstić information content (AvgIpc) is 2.38. The van der Waals surface area contributed by atoms with E-state index >= 15 is 0 Å². The molecule has 0 saturated heterocycles. The first kappa shape index (κ1) is 14.9. The molecule has 0 unspecified atom stereocenters. The summed E-state index contributed by atoms with van der Waals surface area (Å²) in [6.07, 6.45) is 0. The molecule has 2 aromatic rings. The van der Waals surface area contributed by atoms with Gasteiger partial charge in [0.25, 0.3) is 0 Å². The van der Waals surface area contributed by atoms with Crippen molar-refractivity contribution in [3.63, 3.8) is 0 Å². The van der Waals surface area contributed by atoms with E-state index in [2.05, 4.69) is 32.9 Å². The maximum atomic E-state index is 11.3. The van der Waals surface area contributed by atoms with Gasteiger partial charge in [-0.15, -0.1) is 11.8 Å². The molecule has 0 fully saturated rings. The first-order valence-electron chi connectivity index (χ1n) is 6.78. The molecule has 0 aliphatic carbocycles. The molecule has 0 bridgehead atoms. The van der Waals surface area contributed by atoms with Crippen molar-refractivity contribution in [3.8, 4) is 0 Å². The molecule has 0 aliphatic heterocycles. The van der Waals surface area contributed by atoms with Gasteiger partial charge in [0, 0.05) is 16.2 Å². The first-order valence-corrected chi connectivity index (χ1v) is 7.76. The average molecular weight is 284 g/mol. The second kappa shape index (κ2) is 6.27. The zero-order valence-corrected chi connectivity index (χ0v) is 13.3. The third kappa shape index (κ3) is 3.51. The highest BCUT2D eigenvalue weighted by Gasteiger charge is 2.05. The van der Waals surface area contributed by atoms with Crippen molar-refractivity contribution < 1.29 is 4.79 Å². The fraction of sp³-hybridized carbons (Fsp3) is 0.278. The number of ketones is 1. The predicted octanol–water partition coefficient (Wildman–Crippen LogP) is 5.11. The number of thioether (sulfide) groups is 1. The molecule has 0 N–H and O–H groups in total. The standard InChI is InChI=1S/C18H20OS/c1-12-9-13(2)18(14(3)10-12)11-20-17-7-5-16(6-8-17)15(4)19/h5-10H,11H2,1-4H3. The third-order valence-corrected chi connectivity index (χ3v) is 4.52. The minimum atomic E-state index is 0.117. The summed E-state index contributed by atoms with van der Waals surface area (Å²) in [4.78, 5) is 12.5. The minimum absolute atomic E-state index is 0.117. The van der Waals surface area contributed by atoms with Gasteiger partial charge in [-0.05, 0) is 56.5 Å². The molecule has 0 saturated carbocycles. The largest absolute Gasteiger partial charge is 0.295 e. The van der Waals surface area contributed by atoms with Crippen LogP contribution in [0.5, 0.6) is 0 Å². The summed E-state index contributed by atoms with van der Waals surface area (Å²) in [5.41, 5.74) is 6.22. The predicted molar refractivity (Wildman–Crippen MR) is 86.7 cm³/mol. The lowest BCUT2D eigenvalue weighted by Gasteiger charge is -2.11. The molecular weight excluding hydrogens is 264 g/mol. The lowest BCUT2D eigenvalue weighted by atomic mass is 10.0. The minimum Gasteiger partial charge on any atom is -0.295 e. The molecule has 0 spiro atoms. The molecular formula is C18H20OS. The van der Waals surface area contributed by atoms with E-state index in [1.54, 1.807) is 6.92 Å². The van der Waals surface area contributed by atoms with Gasteiger partial charge in [0.2, 0.25) is 0 Å². The van der Waals surface area contributed by atoms with E-state index in [-0.39, 0.29) is 5.78 Å². The highest BCUT2D eigenvalue weighted by molar-refractivity contribution is 7.98. The number of carbonyl (C=O) groups excluding carboxylic acids is 1. The Hall–Kier alpha value is -1.54. The molecule has 20 heavy (non-hydrogen) atoms. The van der Waals surface area contributed by atoms with Crippen LogP contribution in [-0.4, -0.2) is 5.78 Å². The Labute approximate surface area is 125 Å². The van der Waals surface area contributed by atoms with Crippen LogP contribution in [0.2, 0.25) is 0 Å². The Morgan fingerprint density at radius 1 is 1.00 bits per heavy atom. The van der Waals surface area contributed by atoms with Crippen LogP contribution in [0.25, 0.3) is 0 Å². The van der Waals surface area contributed by atoms with Crippen molar-refractivity contribution in [2.75, 3.05) is 0 Å². The number of benzene rings is 2. The second-order valence-corrected chi connectivity index (χ2v) is 6.30. The van der Waals surface area contributed by atoms with E-state index in [1.165, 1.54) is 27.1 Å². The molecule has 104 valence electrons. The van der Waals surface area contributed by atoms with Crippen molar-refractivity contribution in [2.45, 2.75) is 38.3 Å². The zero-order valence-electron chi connectivity index (χ0n) is 12.5. The van der Waals surface area contributed by atoms with Crippen LogP contribution in [0.15, 0.2) is 41.3 Å². The van der Waals surface area contributed by atoms with Gasteiger partial charge in [0.05, 0.1) is 0 Å². The third-order valence-electron chi connectivity index (χ3n) is 3.48. The summed E-state index contributed by atoms with van der Waals surface area (Å²) >= 11 is 1.82. The normalized spacial score (nSPS) is 10.6. The number of hydrogen-bond acceptors (Lipinski definition) is 2. The number of Topliss-reactive ketones (excluding diaryl/α,β-unsaturated/α-hetero) is 1. The highest BCUT2D eigenvalue weighted by Crippen LogP contribution is 2.27. The van der Waals surface area contributed by atoms with Crippen LogP contribution >= 0.6 is 11.8 Å². The van der Waals surface area contributed by atoms with Crippen molar-refractivity contribution in [3.05, 3.63) is 64.2 Å². The van der Waals surface area contributed by atoms with E-state index in [0.29, 0.717) is 0 Å². The Balaban J connectivity index is 2.11. The summed E-state index contributed by atoms with van der Waals surface area (Å²) in [5.74, 6) is 1.09. The monoisotopic (exact) mass is 284 g/mol. The number of hydrogen-bond donors (Lipinski definition) is 0. The number of rotatable bonds is 4.